The normalized spacial score (nSPS) is 16.6. The maximum absolute atomic E-state index is 5.23. The van der Waals surface area contributed by atoms with Gasteiger partial charge in [-0.1, -0.05) is 0 Å². The number of nitrogens with zero attached hydrogens (tertiary/aromatic N) is 1. The lowest BCUT2D eigenvalue weighted by atomic mass is 10.5. The lowest BCUT2D eigenvalue weighted by molar-refractivity contribution is 0.180. The molecule has 10 heavy (non-hydrogen) atoms. The second-order valence-corrected chi connectivity index (χ2v) is 2.77. The fourth-order valence-electron chi connectivity index (χ4n) is 0.848. The molecular weight excluding hydrogens is 146 g/mol. The minimum Gasteiger partial charge on any atom is -0.265 e. The average molecular weight is 153 g/mol. The van der Waals surface area contributed by atoms with Gasteiger partial charge in [-0.3, -0.25) is 4.84 Å². The molecular formula is C7H7NOS. The van der Waals surface area contributed by atoms with Gasteiger partial charge in [0.2, 0.25) is 0 Å². The third-order valence-electron chi connectivity index (χ3n) is 1.31. The van der Waals surface area contributed by atoms with Crippen LogP contribution in [0.1, 0.15) is 0 Å². The Bertz CT molecular complexity index is 230. The highest BCUT2D eigenvalue weighted by Crippen LogP contribution is 2.20. The van der Waals surface area contributed by atoms with Gasteiger partial charge in [0.1, 0.15) is 0 Å². The second-order valence-electron chi connectivity index (χ2n) is 1.99. The molecule has 2 heterocycles. The molecule has 3 heteroatoms. The van der Waals surface area contributed by atoms with E-state index >= 15 is 0 Å². The first-order chi connectivity index (χ1) is 4.97. The third kappa shape index (κ3) is 0.936. The first kappa shape index (κ1) is 5.95. The second kappa shape index (κ2) is 2.44. The molecule has 1 aromatic rings. The van der Waals surface area contributed by atoms with E-state index < -0.39 is 0 Å². The molecule has 0 N–H and O–H groups in total. The van der Waals surface area contributed by atoms with Crippen LogP contribution in [-0.2, 0) is 4.84 Å². The molecule has 1 aliphatic heterocycles. The van der Waals surface area contributed by atoms with Crippen LogP contribution in [0.4, 0.5) is 5.69 Å². The molecule has 0 atom stereocenters. The fraction of sp³-hybridized carbons (Fsp3) is 0.143. The van der Waals surface area contributed by atoms with E-state index in [9.17, 15) is 0 Å². The smallest absolute Gasteiger partial charge is 0.0952 e. The first-order valence-corrected chi connectivity index (χ1v) is 4.02. The Morgan fingerprint density at radius 3 is 3.20 bits per heavy atom. The summed E-state index contributed by atoms with van der Waals surface area (Å²) >= 11 is 1.67. The van der Waals surface area contributed by atoms with Gasteiger partial charge in [-0.15, -0.1) is 0 Å². The van der Waals surface area contributed by atoms with Crippen LogP contribution >= 0.6 is 11.3 Å². The van der Waals surface area contributed by atoms with Crippen molar-refractivity contribution in [2.24, 2.45) is 0 Å². The molecule has 0 unspecified atom stereocenters. The molecule has 1 aliphatic rings. The van der Waals surface area contributed by atoms with Gasteiger partial charge in [-0.05, 0) is 17.5 Å². The SMILES string of the molecule is C1=CN(c2ccsc2)OC1. The van der Waals surface area contributed by atoms with Gasteiger partial charge in [-0.2, -0.15) is 11.3 Å². The number of hydrogen-bond acceptors (Lipinski definition) is 3. The minimum atomic E-state index is 0.690. The van der Waals surface area contributed by atoms with Crippen molar-refractivity contribution in [2.75, 3.05) is 11.7 Å². The monoisotopic (exact) mass is 153 g/mol. The summed E-state index contributed by atoms with van der Waals surface area (Å²) in [4.78, 5) is 5.23. The average Bonchev–Trinajstić information content (AvgIpc) is 2.59. The molecule has 0 saturated carbocycles. The first-order valence-electron chi connectivity index (χ1n) is 3.08. The summed E-state index contributed by atoms with van der Waals surface area (Å²) < 4.78 is 0. The fourth-order valence-corrected chi connectivity index (χ4v) is 1.47. The number of hydroxylamine groups is 1. The lowest BCUT2D eigenvalue weighted by Crippen LogP contribution is -2.09. The lowest BCUT2D eigenvalue weighted by Gasteiger charge is -2.10. The number of hydrogen-bond donors (Lipinski definition) is 0. The van der Waals surface area contributed by atoms with Crippen molar-refractivity contribution >= 4 is 17.0 Å². The molecule has 52 valence electrons. The van der Waals surface area contributed by atoms with Crippen LogP contribution in [0.15, 0.2) is 29.1 Å². The van der Waals surface area contributed by atoms with Gasteiger partial charge in [0, 0.05) is 11.6 Å². The zero-order valence-electron chi connectivity index (χ0n) is 5.36. The summed E-state index contributed by atoms with van der Waals surface area (Å²) in [6, 6.07) is 2.03. The van der Waals surface area contributed by atoms with Gasteiger partial charge < -0.3 is 0 Å². The van der Waals surface area contributed by atoms with E-state index in [0.717, 1.165) is 5.69 Å². The van der Waals surface area contributed by atoms with E-state index in [2.05, 4.69) is 5.38 Å². The summed E-state index contributed by atoms with van der Waals surface area (Å²) in [5.41, 5.74) is 1.11. The summed E-state index contributed by atoms with van der Waals surface area (Å²) in [6.07, 6.45) is 3.92. The number of anilines is 1. The van der Waals surface area contributed by atoms with Gasteiger partial charge in [0.05, 0.1) is 12.3 Å². The molecule has 2 rings (SSSR count). The molecule has 0 bridgehead atoms. The molecule has 0 aromatic carbocycles. The van der Waals surface area contributed by atoms with Crippen LogP contribution < -0.4 is 5.06 Å². The molecule has 0 radical (unpaired) electrons. The van der Waals surface area contributed by atoms with E-state index in [1.165, 1.54) is 0 Å². The number of thiophene rings is 1. The van der Waals surface area contributed by atoms with E-state index in [1.54, 1.807) is 16.4 Å². The van der Waals surface area contributed by atoms with E-state index in [-0.39, 0.29) is 0 Å². The van der Waals surface area contributed by atoms with Gasteiger partial charge in [-0.25, -0.2) is 5.06 Å². The van der Waals surface area contributed by atoms with E-state index in [4.69, 9.17) is 4.84 Å². The van der Waals surface area contributed by atoms with Crippen molar-refractivity contribution < 1.29 is 4.84 Å². The molecule has 0 aliphatic carbocycles. The van der Waals surface area contributed by atoms with E-state index in [1.807, 2.05) is 23.7 Å². The predicted octanol–water partition coefficient (Wildman–Crippen LogP) is 2.01. The van der Waals surface area contributed by atoms with E-state index in [0.29, 0.717) is 6.61 Å². The maximum Gasteiger partial charge on any atom is 0.0952 e. The minimum absolute atomic E-state index is 0.690. The summed E-state index contributed by atoms with van der Waals surface area (Å²) in [6.45, 7) is 0.690. The maximum atomic E-state index is 5.23. The molecule has 1 aromatic heterocycles. The highest BCUT2D eigenvalue weighted by atomic mass is 32.1. The molecule has 0 spiro atoms. The highest BCUT2D eigenvalue weighted by molar-refractivity contribution is 7.08. The van der Waals surface area contributed by atoms with Crippen molar-refractivity contribution in [3.8, 4) is 0 Å². The molecule has 0 amide bonds. The quantitative estimate of drug-likeness (QED) is 0.612. The van der Waals surface area contributed by atoms with Crippen LogP contribution in [0.5, 0.6) is 0 Å². The van der Waals surface area contributed by atoms with Crippen LogP contribution in [0.25, 0.3) is 0 Å². The van der Waals surface area contributed by atoms with Crippen molar-refractivity contribution in [2.45, 2.75) is 0 Å². The zero-order chi connectivity index (χ0) is 6.81. The molecule has 0 saturated heterocycles. The Hall–Kier alpha value is -0.800. The Morgan fingerprint density at radius 1 is 1.60 bits per heavy atom. The van der Waals surface area contributed by atoms with Crippen molar-refractivity contribution in [3.05, 3.63) is 29.1 Å². The topological polar surface area (TPSA) is 12.5 Å². The van der Waals surface area contributed by atoms with Crippen LogP contribution in [0.2, 0.25) is 0 Å². The van der Waals surface area contributed by atoms with Gasteiger partial charge in [0.25, 0.3) is 0 Å². The Kier molecular flexibility index (Phi) is 1.45. The Labute approximate surface area is 63.3 Å². The van der Waals surface area contributed by atoms with Crippen LogP contribution in [0, 0.1) is 0 Å². The predicted molar refractivity (Wildman–Crippen MR) is 41.9 cm³/mol. The molecule has 0 fully saturated rings. The zero-order valence-corrected chi connectivity index (χ0v) is 6.17. The van der Waals surface area contributed by atoms with Crippen LogP contribution in [0.3, 0.4) is 0 Å². The third-order valence-corrected chi connectivity index (χ3v) is 1.98. The highest BCUT2D eigenvalue weighted by Gasteiger charge is 2.06. The van der Waals surface area contributed by atoms with Crippen molar-refractivity contribution in [3.63, 3.8) is 0 Å². The van der Waals surface area contributed by atoms with Crippen LogP contribution in [-0.4, -0.2) is 6.61 Å². The summed E-state index contributed by atoms with van der Waals surface area (Å²) in [5.74, 6) is 0. The largest absolute Gasteiger partial charge is 0.265 e. The van der Waals surface area contributed by atoms with Crippen molar-refractivity contribution in [1.82, 2.24) is 0 Å². The van der Waals surface area contributed by atoms with Gasteiger partial charge >= 0.3 is 0 Å². The van der Waals surface area contributed by atoms with Crippen molar-refractivity contribution in [1.29, 1.82) is 0 Å². The molecule has 2 nitrogen and oxygen atoms in total. The Balaban J connectivity index is 2.20. The van der Waals surface area contributed by atoms with Gasteiger partial charge in [0.15, 0.2) is 0 Å². The summed E-state index contributed by atoms with van der Waals surface area (Å²) in [5, 5.41) is 5.86. The number of rotatable bonds is 1. The standard InChI is InChI=1S/C7H7NOS/c1-3-8(9-4-1)7-2-5-10-6-7/h1-3,5-6H,4H2. The summed E-state index contributed by atoms with van der Waals surface area (Å²) in [7, 11) is 0. The Morgan fingerprint density at radius 2 is 2.60 bits per heavy atom.